The van der Waals surface area contributed by atoms with Gasteiger partial charge in [0.05, 0.1) is 47.1 Å². The topological polar surface area (TPSA) is 118 Å². The highest BCUT2D eigenvalue weighted by Crippen LogP contribution is 2.49. The van der Waals surface area contributed by atoms with Crippen LogP contribution < -0.4 is 14.2 Å². The van der Waals surface area contributed by atoms with Gasteiger partial charge in [-0.05, 0) is 24.6 Å². The number of ketones is 1. The fourth-order valence-electron chi connectivity index (χ4n) is 3.96. The van der Waals surface area contributed by atoms with Crippen LogP contribution in [0.3, 0.4) is 0 Å². The van der Waals surface area contributed by atoms with E-state index in [0.29, 0.717) is 11.3 Å². The van der Waals surface area contributed by atoms with Gasteiger partial charge < -0.3 is 28.8 Å². The van der Waals surface area contributed by atoms with Gasteiger partial charge in [-0.3, -0.25) is 14.4 Å². The second-order valence-corrected chi connectivity index (χ2v) is 6.99. The Labute approximate surface area is 168 Å². The second kappa shape index (κ2) is 8.69. The van der Waals surface area contributed by atoms with Crippen LogP contribution in [-0.4, -0.2) is 64.0 Å². The summed E-state index contributed by atoms with van der Waals surface area (Å²) in [6, 6.07) is 3.07. The minimum Gasteiger partial charge on any atom is -0.493 e. The SMILES string of the molecule is COC(=O)[C@H]1C(=O)C[C@@](C)(O)[C@@H](C(=O)OC)[C@H]1c1cc(OC)c(OC)c(OC)c1. The first-order valence-corrected chi connectivity index (χ1v) is 8.87. The number of benzene rings is 1. The molecule has 29 heavy (non-hydrogen) atoms. The summed E-state index contributed by atoms with van der Waals surface area (Å²) in [5.74, 6) is -4.85. The van der Waals surface area contributed by atoms with Gasteiger partial charge in [0.15, 0.2) is 17.3 Å². The first-order valence-electron chi connectivity index (χ1n) is 8.87. The molecule has 4 atom stereocenters. The molecule has 9 nitrogen and oxygen atoms in total. The van der Waals surface area contributed by atoms with Crippen LogP contribution in [0.25, 0.3) is 0 Å². The van der Waals surface area contributed by atoms with Crippen molar-refractivity contribution in [2.45, 2.75) is 24.9 Å². The molecule has 1 aliphatic carbocycles. The molecule has 0 amide bonds. The zero-order valence-corrected chi connectivity index (χ0v) is 17.3. The molecule has 1 aliphatic rings. The highest BCUT2D eigenvalue weighted by molar-refractivity contribution is 6.02. The third-order valence-corrected chi connectivity index (χ3v) is 5.25. The van der Waals surface area contributed by atoms with Gasteiger partial charge in [0.2, 0.25) is 5.75 Å². The molecule has 0 bridgehead atoms. The zero-order chi connectivity index (χ0) is 21.9. The maximum Gasteiger partial charge on any atom is 0.316 e. The molecule has 1 aromatic carbocycles. The van der Waals surface area contributed by atoms with Crippen molar-refractivity contribution in [2.24, 2.45) is 11.8 Å². The second-order valence-electron chi connectivity index (χ2n) is 6.99. The highest BCUT2D eigenvalue weighted by atomic mass is 16.5. The van der Waals surface area contributed by atoms with Gasteiger partial charge in [0.1, 0.15) is 5.92 Å². The Hall–Kier alpha value is -2.81. The van der Waals surface area contributed by atoms with Crippen LogP contribution in [0, 0.1) is 11.8 Å². The molecular formula is C20H26O9. The smallest absolute Gasteiger partial charge is 0.316 e. The first-order chi connectivity index (χ1) is 13.7. The first kappa shape index (κ1) is 22.5. The van der Waals surface area contributed by atoms with E-state index in [2.05, 4.69) is 0 Å². The van der Waals surface area contributed by atoms with Crippen LogP contribution >= 0.6 is 0 Å². The molecule has 0 saturated heterocycles. The van der Waals surface area contributed by atoms with Crippen molar-refractivity contribution < 1.29 is 43.2 Å². The number of Topliss-reactive ketones (excluding diaryl/α,β-unsaturated/α-hetero) is 1. The molecule has 0 radical (unpaired) electrons. The maximum absolute atomic E-state index is 12.8. The average Bonchev–Trinajstić information content (AvgIpc) is 2.70. The lowest BCUT2D eigenvalue weighted by Gasteiger charge is -2.43. The Morgan fingerprint density at radius 3 is 1.90 bits per heavy atom. The third kappa shape index (κ3) is 4.00. The van der Waals surface area contributed by atoms with Gasteiger partial charge >= 0.3 is 11.9 Å². The van der Waals surface area contributed by atoms with E-state index in [-0.39, 0.29) is 11.5 Å². The Morgan fingerprint density at radius 2 is 1.48 bits per heavy atom. The van der Waals surface area contributed by atoms with E-state index in [0.717, 1.165) is 7.11 Å². The van der Waals surface area contributed by atoms with Gasteiger partial charge in [-0.1, -0.05) is 0 Å². The summed E-state index contributed by atoms with van der Waals surface area (Å²) < 4.78 is 25.7. The molecule has 1 saturated carbocycles. The summed E-state index contributed by atoms with van der Waals surface area (Å²) in [5, 5.41) is 10.9. The lowest BCUT2D eigenvalue weighted by molar-refractivity contribution is -0.170. The molecule has 1 fully saturated rings. The van der Waals surface area contributed by atoms with E-state index < -0.39 is 47.5 Å². The summed E-state index contributed by atoms with van der Waals surface area (Å²) in [7, 11) is 6.59. The number of carbonyl (C=O) groups excluding carboxylic acids is 3. The van der Waals surface area contributed by atoms with Gasteiger partial charge in [0.25, 0.3) is 0 Å². The molecule has 0 unspecified atom stereocenters. The fourth-order valence-corrected chi connectivity index (χ4v) is 3.96. The molecule has 1 N–H and O–H groups in total. The number of rotatable bonds is 6. The van der Waals surface area contributed by atoms with Crippen molar-refractivity contribution in [3.8, 4) is 17.2 Å². The quantitative estimate of drug-likeness (QED) is 0.543. The van der Waals surface area contributed by atoms with Crippen LogP contribution in [0.5, 0.6) is 17.2 Å². The summed E-state index contributed by atoms with van der Waals surface area (Å²) in [6.45, 7) is 1.37. The molecule has 0 spiro atoms. The van der Waals surface area contributed by atoms with E-state index in [1.54, 1.807) is 0 Å². The fraction of sp³-hybridized carbons (Fsp3) is 0.550. The van der Waals surface area contributed by atoms with Crippen molar-refractivity contribution in [1.82, 2.24) is 0 Å². The van der Waals surface area contributed by atoms with Crippen LogP contribution in [0.15, 0.2) is 12.1 Å². The van der Waals surface area contributed by atoms with Crippen molar-refractivity contribution in [3.05, 3.63) is 17.7 Å². The Kier molecular flexibility index (Phi) is 6.73. The predicted octanol–water partition coefficient (Wildman–Crippen LogP) is 1.10. The van der Waals surface area contributed by atoms with E-state index in [1.807, 2.05) is 0 Å². The maximum atomic E-state index is 12.8. The monoisotopic (exact) mass is 410 g/mol. The van der Waals surface area contributed by atoms with Crippen LogP contribution in [0.4, 0.5) is 0 Å². The average molecular weight is 410 g/mol. The van der Waals surface area contributed by atoms with Crippen LogP contribution in [0.1, 0.15) is 24.8 Å². The van der Waals surface area contributed by atoms with Gasteiger partial charge in [-0.2, -0.15) is 0 Å². The van der Waals surface area contributed by atoms with Crippen molar-refractivity contribution in [3.63, 3.8) is 0 Å². The molecule has 160 valence electrons. The Balaban J connectivity index is 2.80. The lowest BCUT2D eigenvalue weighted by Crippen LogP contribution is -2.55. The minimum absolute atomic E-state index is 0.270. The molecule has 1 aromatic rings. The number of ether oxygens (including phenoxy) is 5. The summed E-state index contributed by atoms with van der Waals surface area (Å²) >= 11 is 0. The van der Waals surface area contributed by atoms with Crippen LogP contribution in [-0.2, 0) is 23.9 Å². The summed E-state index contributed by atoms with van der Waals surface area (Å²) in [6.07, 6.45) is -0.395. The molecule has 0 aliphatic heterocycles. The number of carbonyl (C=O) groups is 3. The number of hydrogen-bond donors (Lipinski definition) is 1. The van der Waals surface area contributed by atoms with E-state index in [4.69, 9.17) is 23.7 Å². The van der Waals surface area contributed by atoms with Gasteiger partial charge in [-0.25, -0.2) is 0 Å². The molecule has 0 aromatic heterocycles. The number of aliphatic hydroxyl groups is 1. The molecule has 9 heteroatoms. The van der Waals surface area contributed by atoms with Crippen molar-refractivity contribution in [1.29, 1.82) is 0 Å². The van der Waals surface area contributed by atoms with Crippen molar-refractivity contribution in [2.75, 3.05) is 35.5 Å². The standard InChI is InChI=1S/C20H26O9/c1-20(24)9-11(21)15(18(22)28-5)14(16(20)19(23)29-6)10-7-12(25-2)17(27-4)13(8-10)26-3/h7-8,14-16,24H,9H2,1-6H3/t14-,15-,16+,20+/m0/s1. The third-order valence-electron chi connectivity index (χ3n) is 5.25. The minimum atomic E-state index is -1.74. The van der Waals surface area contributed by atoms with E-state index in [1.165, 1.54) is 47.5 Å². The van der Waals surface area contributed by atoms with Gasteiger partial charge in [-0.15, -0.1) is 0 Å². The number of methoxy groups -OCH3 is 5. The van der Waals surface area contributed by atoms with Gasteiger partial charge in [0, 0.05) is 12.3 Å². The predicted molar refractivity (Wildman–Crippen MR) is 100 cm³/mol. The summed E-state index contributed by atoms with van der Waals surface area (Å²) in [4.78, 5) is 37.9. The normalized spacial score (nSPS) is 26.4. The van der Waals surface area contributed by atoms with E-state index in [9.17, 15) is 19.5 Å². The molecular weight excluding hydrogens is 384 g/mol. The summed E-state index contributed by atoms with van der Waals surface area (Å²) in [5.41, 5.74) is -1.38. The Morgan fingerprint density at radius 1 is 0.966 bits per heavy atom. The lowest BCUT2D eigenvalue weighted by atomic mass is 9.61. The highest BCUT2D eigenvalue weighted by Gasteiger charge is 2.57. The zero-order valence-electron chi connectivity index (χ0n) is 17.3. The van der Waals surface area contributed by atoms with Crippen LogP contribution in [0.2, 0.25) is 0 Å². The number of hydrogen-bond acceptors (Lipinski definition) is 9. The molecule has 0 heterocycles. The number of esters is 2. The largest absolute Gasteiger partial charge is 0.493 e. The Bertz CT molecular complexity index is 774. The van der Waals surface area contributed by atoms with E-state index >= 15 is 0 Å². The van der Waals surface area contributed by atoms with Crippen molar-refractivity contribution >= 4 is 17.7 Å². The molecule has 2 rings (SSSR count).